The minimum absolute atomic E-state index is 0.160. The molecule has 0 aromatic heterocycles. The summed E-state index contributed by atoms with van der Waals surface area (Å²) in [4.78, 5) is 0.160. The van der Waals surface area contributed by atoms with Gasteiger partial charge in [0.2, 0.25) is 0 Å². The zero-order valence-electron chi connectivity index (χ0n) is 5.83. The molecule has 4 heteroatoms. The second kappa shape index (κ2) is 3.78. The van der Waals surface area contributed by atoms with E-state index in [1.807, 2.05) is 0 Å². The Hall–Kier alpha value is -0.280. The van der Waals surface area contributed by atoms with Gasteiger partial charge in [-0.2, -0.15) is 0 Å². The molecular weight excluding hydrogens is 172 g/mol. The summed E-state index contributed by atoms with van der Waals surface area (Å²) >= 11 is 0. The Kier molecular flexibility index (Phi) is 3.68. The van der Waals surface area contributed by atoms with E-state index in [2.05, 4.69) is 0 Å². The van der Waals surface area contributed by atoms with Crippen LogP contribution < -0.4 is 0 Å². The van der Waals surface area contributed by atoms with E-state index in [-0.39, 0.29) is 4.91 Å². The molecule has 0 radical (unpaired) electrons. The molecule has 0 amide bonds. The molecule has 0 bridgehead atoms. The normalized spacial score (nSPS) is 14.5. The van der Waals surface area contributed by atoms with Gasteiger partial charge in [-0.15, -0.1) is 0 Å². The van der Waals surface area contributed by atoms with E-state index >= 15 is 0 Å². The van der Waals surface area contributed by atoms with E-state index in [4.69, 9.17) is 10.7 Å². The summed E-state index contributed by atoms with van der Waals surface area (Å²) in [5.74, 6) is 0. The smallest absolute Gasteiger partial charge is 0.207 e. The molecule has 0 saturated carbocycles. The highest BCUT2D eigenvalue weighted by Gasteiger charge is 2.05. The first-order valence-electron chi connectivity index (χ1n) is 2.72. The third-order valence-corrected chi connectivity index (χ3v) is 2.54. The van der Waals surface area contributed by atoms with Crippen LogP contribution in [-0.2, 0) is 9.05 Å². The Balaban J connectivity index is 4.52. The summed E-state index contributed by atoms with van der Waals surface area (Å²) in [5.41, 5.74) is 0. The molecule has 2 nitrogen and oxygen atoms in total. The van der Waals surface area contributed by atoms with Gasteiger partial charge in [-0.3, -0.25) is 0 Å². The average molecular weight is 181 g/mol. The molecule has 0 atom stereocenters. The molecule has 0 aliphatic heterocycles. The van der Waals surface area contributed by atoms with Gasteiger partial charge in [0.15, 0.2) is 0 Å². The molecule has 10 heavy (non-hydrogen) atoms. The SMILES string of the molecule is CC=CC=C(C)S(=O)(=O)Cl. The van der Waals surface area contributed by atoms with E-state index < -0.39 is 9.05 Å². The molecule has 0 aliphatic rings. The van der Waals surface area contributed by atoms with Crippen molar-refractivity contribution in [2.75, 3.05) is 0 Å². The van der Waals surface area contributed by atoms with Gasteiger partial charge in [0, 0.05) is 10.7 Å². The van der Waals surface area contributed by atoms with Crippen LogP contribution in [0, 0.1) is 0 Å². The Morgan fingerprint density at radius 1 is 1.50 bits per heavy atom. The van der Waals surface area contributed by atoms with Crippen LogP contribution in [0.15, 0.2) is 23.1 Å². The fourth-order valence-electron chi connectivity index (χ4n) is 0.313. The average Bonchev–Trinajstić information content (AvgIpc) is 1.80. The van der Waals surface area contributed by atoms with Crippen molar-refractivity contribution in [2.24, 2.45) is 0 Å². The molecular formula is C6H9ClO2S. The molecule has 0 N–H and O–H groups in total. The molecule has 0 saturated heterocycles. The first kappa shape index (κ1) is 9.72. The van der Waals surface area contributed by atoms with Crippen molar-refractivity contribution in [3.63, 3.8) is 0 Å². The van der Waals surface area contributed by atoms with Crippen molar-refractivity contribution in [2.45, 2.75) is 13.8 Å². The molecule has 0 fully saturated rings. The maximum atomic E-state index is 10.5. The number of hydrogen-bond donors (Lipinski definition) is 0. The third-order valence-electron chi connectivity index (χ3n) is 0.908. The second-order valence-electron chi connectivity index (χ2n) is 1.74. The predicted octanol–water partition coefficient (Wildman–Crippen LogP) is 2.03. The lowest BCUT2D eigenvalue weighted by Crippen LogP contribution is -1.88. The maximum Gasteiger partial charge on any atom is 0.257 e. The lowest BCUT2D eigenvalue weighted by Gasteiger charge is -1.89. The van der Waals surface area contributed by atoms with Gasteiger partial charge in [-0.1, -0.05) is 12.2 Å². The fraction of sp³-hybridized carbons (Fsp3) is 0.333. The minimum Gasteiger partial charge on any atom is -0.207 e. The van der Waals surface area contributed by atoms with E-state index in [0.29, 0.717) is 0 Å². The summed E-state index contributed by atoms with van der Waals surface area (Å²) in [6.45, 7) is 3.24. The fourth-order valence-corrected chi connectivity index (χ4v) is 0.708. The van der Waals surface area contributed by atoms with Crippen molar-refractivity contribution >= 4 is 19.7 Å². The topological polar surface area (TPSA) is 34.1 Å². The van der Waals surface area contributed by atoms with E-state index in [9.17, 15) is 8.42 Å². The molecule has 0 spiro atoms. The van der Waals surface area contributed by atoms with Gasteiger partial charge in [-0.05, 0) is 19.9 Å². The molecule has 0 aromatic rings. The number of rotatable bonds is 2. The van der Waals surface area contributed by atoms with Crippen molar-refractivity contribution < 1.29 is 8.42 Å². The minimum atomic E-state index is -3.49. The summed E-state index contributed by atoms with van der Waals surface area (Å²) in [5, 5.41) is 0. The van der Waals surface area contributed by atoms with E-state index in [1.165, 1.54) is 13.0 Å². The van der Waals surface area contributed by atoms with Gasteiger partial charge < -0.3 is 0 Å². The third kappa shape index (κ3) is 3.69. The number of allylic oxidation sites excluding steroid dienone is 4. The quantitative estimate of drug-likeness (QED) is 0.482. The lowest BCUT2D eigenvalue weighted by molar-refractivity contribution is 0.615. The highest BCUT2D eigenvalue weighted by molar-refractivity contribution is 8.16. The van der Waals surface area contributed by atoms with Gasteiger partial charge in [-0.25, -0.2) is 8.42 Å². The van der Waals surface area contributed by atoms with Gasteiger partial charge in [0.25, 0.3) is 9.05 Å². The lowest BCUT2D eigenvalue weighted by atomic mass is 10.5. The van der Waals surface area contributed by atoms with Crippen molar-refractivity contribution in [3.05, 3.63) is 23.1 Å². The Labute approximate surface area is 65.6 Å². The largest absolute Gasteiger partial charge is 0.257 e. The van der Waals surface area contributed by atoms with Crippen LogP contribution in [0.1, 0.15) is 13.8 Å². The van der Waals surface area contributed by atoms with Crippen molar-refractivity contribution in [3.8, 4) is 0 Å². The van der Waals surface area contributed by atoms with Crippen LogP contribution in [0.2, 0.25) is 0 Å². The van der Waals surface area contributed by atoms with Gasteiger partial charge in [0.1, 0.15) is 0 Å². The molecule has 0 unspecified atom stereocenters. The summed E-state index contributed by atoms with van der Waals surface area (Å²) in [6, 6.07) is 0. The highest BCUT2D eigenvalue weighted by Crippen LogP contribution is 2.09. The molecule has 58 valence electrons. The second-order valence-corrected chi connectivity index (χ2v) is 4.48. The van der Waals surface area contributed by atoms with Crippen LogP contribution in [0.3, 0.4) is 0 Å². The van der Waals surface area contributed by atoms with Crippen LogP contribution in [0.25, 0.3) is 0 Å². The zero-order chi connectivity index (χ0) is 8.20. The van der Waals surface area contributed by atoms with Crippen LogP contribution >= 0.6 is 10.7 Å². The number of hydrogen-bond acceptors (Lipinski definition) is 2. The number of halogens is 1. The maximum absolute atomic E-state index is 10.5. The predicted molar refractivity (Wildman–Crippen MR) is 43.3 cm³/mol. The summed E-state index contributed by atoms with van der Waals surface area (Å²) in [6.07, 6.45) is 4.79. The van der Waals surface area contributed by atoms with E-state index in [1.54, 1.807) is 19.1 Å². The Morgan fingerprint density at radius 3 is 2.30 bits per heavy atom. The first-order chi connectivity index (χ1) is 4.48. The van der Waals surface area contributed by atoms with E-state index in [0.717, 1.165) is 0 Å². The standard InChI is InChI=1S/C6H9ClO2S/c1-3-4-5-6(2)10(7,8)9/h3-5H,1-2H3. The van der Waals surface area contributed by atoms with Crippen LogP contribution in [0.5, 0.6) is 0 Å². The van der Waals surface area contributed by atoms with Gasteiger partial charge >= 0.3 is 0 Å². The Morgan fingerprint density at radius 2 is 2.00 bits per heavy atom. The van der Waals surface area contributed by atoms with Crippen LogP contribution in [0.4, 0.5) is 0 Å². The summed E-state index contributed by atoms with van der Waals surface area (Å²) < 4.78 is 21.0. The molecule has 0 heterocycles. The Bertz CT molecular complexity index is 249. The summed E-state index contributed by atoms with van der Waals surface area (Å²) in [7, 11) is 1.50. The van der Waals surface area contributed by atoms with Crippen molar-refractivity contribution in [1.82, 2.24) is 0 Å². The molecule has 0 aliphatic carbocycles. The molecule has 0 rings (SSSR count). The van der Waals surface area contributed by atoms with Crippen molar-refractivity contribution in [1.29, 1.82) is 0 Å². The zero-order valence-corrected chi connectivity index (χ0v) is 7.41. The first-order valence-corrected chi connectivity index (χ1v) is 5.03. The highest BCUT2D eigenvalue weighted by atomic mass is 35.7. The van der Waals surface area contributed by atoms with Gasteiger partial charge in [0.05, 0.1) is 4.91 Å². The monoisotopic (exact) mass is 180 g/mol. The van der Waals surface area contributed by atoms with Crippen LogP contribution in [-0.4, -0.2) is 8.42 Å². The molecule has 0 aromatic carbocycles.